The Morgan fingerprint density at radius 2 is 2.04 bits per heavy atom. The third kappa shape index (κ3) is 5.67. The summed E-state index contributed by atoms with van der Waals surface area (Å²) < 4.78 is 13.7. The lowest BCUT2D eigenvalue weighted by molar-refractivity contribution is 0.145. The number of likely N-dealkylation sites (N-methyl/N-ethyl adjacent to an activating group) is 1. The van der Waals surface area contributed by atoms with Crippen LogP contribution >= 0.6 is 11.8 Å². The molecule has 0 saturated carbocycles. The highest BCUT2D eigenvalue weighted by Gasteiger charge is 2.17. The summed E-state index contributed by atoms with van der Waals surface area (Å²) in [6.07, 6.45) is 1.82. The fourth-order valence-corrected chi connectivity index (χ4v) is 3.06. The van der Waals surface area contributed by atoms with Gasteiger partial charge in [0, 0.05) is 49.3 Å². The van der Waals surface area contributed by atoms with Gasteiger partial charge in [-0.3, -0.25) is 4.90 Å². The van der Waals surface area contributed by atoms with Crippen LogP contribution in [0.5, 0.6) is 0 Å². The van der Waals surface area contributed by atoms with Crippen molar-refractivity contribution in [3.8, 4) is 0 Å². The molecule has 0 aromatic heterocycles. The van der Waals surface area contributed by atoms with Gasteiger partial charge in [0.2, 0.25) is 0 Å². The molecule has 2 N–H and O–H groups in total. The van der Waals surface area contributed by atoms with Crippen molar-refractivity contribution in [1.29, 1.82) is 0 Å². The van der Waals surface area contributed by atoms with Crippen molar-refractivity contribution in [3.63, 3.8) is 0 Å². The van der Waals surface area contributed by atoms with Crippen LogP contribution in [0.4, 0.5) is 14.9 Å². The minimum absolute atomic E-state index is 0.0359. The lowest BCUT2D eigenvalue weighted by Crippen LogP contribution is -2.50. The van der Waals surface area contributed by atoms with Gasteiger partial charge in [-0.05, 0) is 38.4 Å². The van der Waals surface area contributed by atoms with Crippen LogP contribution in [0.2, 0.25) is 0 Å². The van der Waals surface area contributed by atoms with Crippen molar-refractivity contribution < 1.29 is 9.18 Å². The van der Waals surface area contributed by atoms with Gasteiger partial charge in [-0.25, -0.2) is 9.18 Å². The minimum Gasteiger partial charge on any atom is -0.334 e. The fourth-order valence-electron chi connectivity index (χ4n) is 2.60. The maximum Gasteiger partial charge on any atom is 0.319 e. The van der Waals surface area contributed by atoms with E-state index in [4.69, 9.17) is 0 Å². The molecule has 1 aromatic rings. The Hall–Kier alpha value is -1.31. The van der Waals surface area contributed by atoms with Crippen LogP contribution in [-0.2, 0) is 0 Å². The van der Waals surface area contributed by atoms with E-state index in [0.29, 0.717) is 10.6 Å². The quantitative estimate of drug-likeness (QED) is 0.808. The number of rotatable bonds is 5. The van der Waals surface area contributed by atoms with Gasteiger partial charge < -0.3 is 15.5 Å². The molecule has 1 heterocycles. The number of hydrogen-bond acceptors (Lipinski definition) is 4. The van der Waals surface area contributed by atoms with Crippen LogP contribution in [0.1, 0.15) is 6.92 Å². The zero-order valence-corrected chi connectivity index (χ0v) is 14.8. The normalized spacial score (nSPS) is 17.7. The first-order valence-corrected chi connectivity index (χ1v) is 9.02. The number of thioether (sulfide) groups is 1. The number of piperazine rings is 1. The van der Waals surface area contributed by atoms with Gasteiger partial charge in [0.25, 0.3) is 0 Å². The summed E-state index contributed by atoms with van der Waals surface area (Å²) >= 11 is 1.34. The molecule has 0 spiro atoms. The highest BCUT2D eigenvalue weighted by atomic mass is 32.2. The van der Waals surface area contributed by atoms with Crippen LogP contribution in [0.25, 0.3) is 0 Å². The number of carbonyl (C=O) groups is 1. The highest BCUT2D eigenvalue weighted by molar-refractivity contribution is 7.98. The smallest absolute Gasteiger partial charge is 0.319 e. The molecule has 2 amide bonds. The van der Waals surface area contributed by atoms with Crippen LogP contribution < -0.4 is 10.6 Å². The van der Waals surface area contributed by atoms with Crippen LogP contribution in [0, 0.1) is 5.82 Å². The van der Waals surface area contributed by atoms with Gasteiger partial charge in [-0.1, -0.05) is 0 Å². The molecule has 0 aliphatic carbocycles. The van der Waals surface area contributed by atoms with Crippen LogP contribution in [-0.4, -0.2) is 67.9 Å². The molecule has 23 heavy (non-hydrogen) atoms. The Labute approximate surface area is 141 Å². The second kappa shape index (κ2) is 8.52. The molecule has 5 nitrogen and oxygen atoms in total. The van der Waals surface area contributed by atoms with E-state index < -0.39 is 0 Å². The molecule has 0 bridgehead atoms. The summed E-state index contributed by atoms with van der Waals surface area (Å²) in [5.74, 6) is -0.319. The van der Waals surface area contributed by atoms with E-state index >= 15 is 0 Å². The van der Waals surface area contributed by atoms with E-state index in [1.807, 2.05) is 13.2 Å². The zero-order valence-electron chi connectivity index (χ0n) is 13.9. The largest absolute Gasteiger partial charge is 0.334 e. The number of benzene rings is 1. The maximum atomic E-state index is 13.7. The van der Waals surface area contributed by atoms with Gasteiger partial charge >= 0.3 is 6.03 Å². The van der Waals surface area contributed by atoms with Crippen molar-refractivity contribution in [2.24, 2.45) is 0 Å². The predicted octanol–water partition coefficient (Wildman–Crippen LogP) is 2.31. The van der Waals surface area contributed by atoms with E-state index in [0.717, 1.165) is 32.7 Å². The topological polar surface area (TPSA) is 47.6 Å². The molecule has 1 aromatic carbocycles. The molecule has 1 atom stereocenters. The number of urea groups is 1. The highest BCUT2D eigenvalue weighted by Crippen LogP contribution is 2.22. The Kier molecular flexibility index (Phi) is 6.68. The van der Waals surface area contributed by atoms with E-state index in [1.165, 1.54) is 17.8 Å². The number of anilines is 1. The first kappa shape index (κ1) is 18.0. The number of nitrogens with zero attached hydrogens (tertiary/aromatic N) is 2. The number of carbonyl (C=O) groups excluding carboxylic acids is 1. The van der Waals surface area contributed by atoms with Crippen LogP contribution in [0.15, 0.2) is 23.1 Å². The average Bonchev–Trinajstić information content (AvgIpc) is 2.49. The summed E-state index contributed by atoms with van der Waals surface area (Å²) in [6.45, 7) is 6.95. The summed E-state index contributed by atoms with van der Waals surface area (Å²) in [6, 6.07) is 4.45. The van der Waals surface area contributed by atoms with Gasteiger partial charge in [-0.2, -0.15) is 0 Å². The average molecular weight is 340 g/mol. The summed E-state index contributed by atoms with van der Waals surface area (Å²) in [4.78, 5) is 17.2. The Bertz CT molecular complexity index is 535. The van der Waals surface area contributed by atoms with Crippen LogP contribution in [0.3, 0.4) is 0 Å². The van der Waals surface area contributed by atoms with E-state index in [-0.39, 0.29) is 17.9 Å². The van der Waals surface area contributed by atoms with E-state index in [1.54, 1.807) is 12.1 Å². The Morgan fingerprint density at radius 3 is 2.65 bits per heavy atom. The molecule has 0 unspecified atom stereocenters. The number of nitrogens with one attached hydrogen (secondary N) is 2. The molecule has 128 valence electrons. The number of hydrogen-bond donors (Lipinski definition) is 2. The summed E-state index contributed by atoms with van der Waals surface area (Å²) in [7, 11) is 2.12. The molecular weight excluding hydrogens is 315 g/mol. The van der Waals surface area contributed by atoms with Gasteiger partial charge in [0.1, 0.15) is 5.82 Å². The zero-order chi connectivity index (χ0) is 16.8. The third-order valence-electron chi connectivity index (χ3n) is 3.92. The molecule has 1 aliphatic heterocycles. The van der Waals surface area contributed by atoms with Crippen molar-refractivity contribution in [2.45, 2.75) is 17.9 Å². The molecule has 7 heteroatoms. The predicted molar refractivity (Wildman–Crippen MR) is 93.7 cm³/mol. The molecule has 1 aliphatic rings. The molecular formula is C16H25FN4OS. The molecule has 2 rings (SSSR count). The fraction of sp³-hybridized carbons (Fsp3) is 0.562. The molecule has 0 radical (unpaired) electrons. The molecule has 1 fully saturated rings. The second-order valence-electron chi connectivity index (χ2n) is 5.95. The Morgan fingerprint density at radius 1 is 1.35 bits per heavy atom. The second-order valence-corrected chi connectivity index (χ2v) is 6.80. The van der Waals surface area contributed by atoms with Gasteiger partial charge in [0.05, 0.1) is 0 Å². The SMILES string of the molecule is CSc1ccc(NC(=O)N[C@H](C)CN2CCN(C)CC2)cc1F. The van der Waals surface area contributed by atoms with Crippen molar-refractivity contribution in [3.05, 3.63) is 24.0 Å². The monoisotopic (exact) mass is 340 g/mol. The maximum absolute atomic E-state index is 13.7. The summed E-state index contributed by atoms with van der Waals surface area (Å²) in [5.41, 5.74) is 0.463. The Balaban J connectivity index is 1.78. The van der Waals surface area contributed by atoms with Crippen molar-refractivity contribution >= 4 is 23.5 Å². The summed E-state index contributed by atoms with van der Waals surface area (Å²) in [5, 5.41) is 5.59. The standard InChI is InChI=1S/C16H25FN4OS/c1-12(11-21-8-6-20(2)7-9-21)18-16(22)19-13-4-5-15(23-3)14(17)10-13/h4-5,10,12H,6-9,11H2,1-3H3,(H2,18,19,22)/t12-/m1/s1. The third-order valence-corrected chi connectivity index (χ3v) is 4.69. The number of halogens is 1. The lowest BCUT2D eigenvalue weighted by Gasteiger charge is -2.34. The van der Waals surface area contributed by atoms with Gasteiger partial charge in [-0.15, -0.1) is 11.8 Å². The first-order chi connectivity index (χ1) is 11.0. The van der Waals surface area contributed by atoms with Gasteiger partial charge in [0.15, 0.2) is 0 Å². The lowest BCUT2D eigenvalue weighted by atomic mass is 10.2. The van der Waals surface area contributed by atoms with Crippen molar-refractivity contribution in [2.75, 3.05) is 51.3 Å². The van der Waals surface area contributed by atoms with E-state index in [2.05, 4.69) is 27.5 Å². The number of amides is 2. The first-order valence-electron chi connectivity index (χ1n) is 7.80. The molecule has 1 saturated heterocycles. The van der Waals surface area contributed by atoms with Crippen molar-refractivity contribution in [1.82, 2.24) is 15.1 Å². The van der Waals surface area contributed by atoms with E-state index in [9.17, 15) is 9.18 Å². The minimum atomic E-state index is -0.319.